The van der Waals surface area contributed by atoms with Gasteiger partial charge < -0.3 is 15.7 Å². The van der Waals surface area contributed by atoms with Crippen molar-refractivity contribution >= 4 is 17.8 Å². The van der Waals surface area contributed by atoms with E-state index in [9.17, 15) is 4.79 Å². The first-order valence-corrected chi connectivity index (χ1v) is 7.75. The Balaban J connectivity index is 2.31. The van der Waals surface area contributed by atoms with Crippen LogP contribution in [-0.4, -0.2) is 41.3 Å². The lowest BCUT2D eigenvalue weighted by molar-refractivity contribution is 0.189. The van der Waals surface area contributed by atoms with Crippen molar-refractivity contribution in [3.8, 4) is 0 Å². The third-order valence-electron chi connectivity index (χ3n) is 3.28. The Morgan fingerprint density at radius 2 is 2.22 bits per heavy atom. The summed E-state index contributed by atoms with van der Waals surface area (Å²) < 4.78 is 0. The molecule has 0 radical (unpaired) electrons. The van der Waals surface area contributed by atoms with Crippen LogP contribution in [0.5, 0.6) is 0 Å². The Labute approximate surface area is 114 Å². The van der Waals surface area contributed by atoms with Gasteiger partial charge in [-0.1, -0.05) is 20.8 Å². The van der Waals surface area contributed by atoms with Crippen LogP contribution in [0.3, 0.4) is 0 Å². The van der Waals surface area contributed by atoms with Gasteiger partial charge in [-0.25, -0.2) is 4.79 Å². The van der Waals surface area contributed by atoms with Crippen LogP contribution in [0, 0.1) is 5.41 Å². The summed E-state index contributed by atoms with van der Waals surface area (Å²) in [6.45, 7) is 7.05. The molecular weight excluding hydrogens is 248 g/mol. The van der Waals surface area contributed by atoms with Gasteiger partial charge >= 0.3 is 6.03 Å². The molecule has 1 aliphatic rings. The van der Waals surface area contributed by atoms with Gasteiger partial charge in [0.25, 0.3) is 0 Å². The Morgan fingerprint density at radius 3 is 2.72 bits per heavy atom. The van der Waals surface area contributed by atoms with Gasteiger partial charge in [0.15, 0.2) is 0 Å². The number of carbonyl (C=O) groups excluding carboxylic acids is 1. The molecule has 0 spiro atoms. The van der Waals surface area contributed by atoms with Crippen molar-refractivity contribution in [3.63, 3.8) is 0 Å². The first kappa shape index (κ1) is 15.6. The number of carbonyl (C=O) groups is 1. The number of hydrogen-bond donors (Lipinski definition) is 3. The zero-order chi connectivity index (χ0) is 13.6. The lowest BCUT2D eigenvalue weighted by Gasteiger charge is -2.31. The third kappa shape index (κ3) is 5.48. The molecule has 2 atom stereocenters. The SMILES string of the molecule is CC(C)(C)[C@@H](CCO)NC(=O)NC[C@@H]1CCCS1. The molecule has 2 amide bonds. The van der Waals surface area contributed by atoms with Gasteiger partial charge in [-0.05, 0) is 30.4 Å². The normalized spacial score (nSPS) is 21.7. The Hall–Kier alpha value is -0.420. The fourth-order valence-corrected chi connectivity index (χ4v) is 3.27. The average Bonchev–Trinajstić information content (AvgIpc) is 2.77. The van der Waals surface area contributed by atoms with Crippen molar-refractivity contribution in [2.45, 2.75) is 51.3 Å². The number of rotatable bonds is 5. The van der Waals surface area contributed by atoms with Crippen molar-refractivity contribution in [2.24, 2.45) is 5.41 Å². The van der Waals surface area contributed by atoms with E-state index in [0.717, 1.165) is 6.54 Å². The molecule has 18 heavy (non-hydrogen) atoms. The van der Waals surface area contributed by atoms with Gasteiger partial charge in [-0.15, -0.1) is 0 Å². The molecule has 1 fully saturated rings. The molecule has 0 unspecified atom stereocenters. The van der Waals surface area contributed by atoms with Crippen LogP contribution in [0.4, 0.5) is 4.79 Å². The molecule has 5 heteroatoms. The van der Waals surface area contributed by atoms with Crippen molar-refractivity contribution in [1.82, 2.24) is 10.6 Å². The summed E-state index contributed by atoms with van der Waals surface area (Å²) in [7, 11) is 0. The quantitative estimate of drug-likeness (QED) is 0.718. The monoisotopic (exact) mass is 274 g/mol. The molecule has 1 rings (SSSR count). The molecular formula is C13H26N2O2S. The van der Waals surface area contributed by atoms with E-state index in [1.807, 2.05) is 11.8 Å². The second kappa shape index (κ2) is 7.24. The molecule has 0 bridgehead atoms. The number of aliphatic hydroxyl groups is 1. The highest BCUT2D eigenvalue weighted by atomic mass is 32.2. The van der Waals surface area contributed by atoms with E-state index in [0.29, 0.717) is 11.7 Å². The first-order valence-electron chi connectivity index (χ1n) is 6.70. The van der Waals surface area contributed by atoms with Gasteiger partial charge in [-0.2, -0.15) is 11.8 Å². The van der Waals surface area contributed by atoms with Crippen molar-refractivity contribution in [3.05, 3.63) is 0 Å². The number of urea groups is 1. The van der Waals surface area contributed by atoms with Crippen molar-refractivity contribution in [2.75, 3.05) is 18.9 Å². The average molecular weight is 274 g/mol. The number of hydrogen-bond acceptors (Lipinski definition) is 3. The van der Waals surface area contributed by atoms with Gasteiger partial charge in [-0.3, -0.25) is 0 Å². The van der Waals surface area contributed by atoms with Crippen molar-refractivity contribution < 1.29 is 9.90 Å². The Morgan fingerprint density at radius 1 is 1.50 bits per heavy atom. The summed E-state index contributed by atoms with van der Waals surface area (Å²) >= 11 is 1.94. The second-order valence-electron chi connectivity index (χ2n) is 5.92. The molecule has 3 N–H and O–H groups in total. The summed E-state index contributed by atoms with van der Waals surface area (Å²) in [5.41, 5.74) is -0.0395. The van der Waals surface area contributed by atoms with Crippen LogP contribution in [0.1, 0.15) is 40.0 Å². The lowest BCUT2D eigenvalue weighted by atomic mass is 9.85. The molecule has 1 saturated heterocycles. The van der Waals surface area contributed by atoms with Crippen LogP contribution >= 0.6 is 11.8 Å². The van der Waals surface area contributed by atoms with E-state index < -0.39 is 0 Å². The summed E-state index contributed by atoms with van der Waals surface area (Å²) in [6, 6.07) is -0.116. The zero-order valence-electron chi connectivity index (χ0n) is 11.7. The van der Waals surface area contributed by atoms with Crippen LogP contribution in [0.2, 0.25) is 0 Å². The predicted molar refractivity (Wildman–Crippen MR) is 77.0 cm³/mol. The van der Waals surface area contributed by atoms with Crippen LogP contribution in [0.15, 0.2) is 0 Å². The molecule has 4 nitrogen and oxygen atoms in total. The van der Waals surface area contributed by atoms with Crippen LogP contribution < -0.4 is 10.6 Å². The zero-order valence-corrected chi connectivity index (χ0v) is 12.5. The minimum Gasteiger partial charge on any atom is -0.396 e. The Bertz CT molecular complexity index is 260. The van der Waals surface area contributed by atoms with Crippen LogP contribution in [0.25, 0.3) is 0 Å². The highest BCUT2D eigenvalue weighted by Crippen LogP contribution is 2.25. The summed E-state index contributed by atoms with van der Waals surface area (Å²) in [5, 5.41) is 15.5. The minimum atomic E-state index is -0.115. The number of amides is 2. The highest BCUT2D eigenvalue weighted by molar-refractivity contribution is 8.00. The molecule has 1 heterocycles. The Kier molecular flexibility index (Phi) is 6.29. The number of thioether (sulfide) groups is 1. The molecule has 106 valence electrons. The minimum absolute atomic E-state index is 0.00117. The van der Waals surface area contributed by atoms with E-state index >= 15 is 0 Å². The largest absolute Gasteiger partial charge is 0.396 e. The standard InChI is InChI=1S/C13H26N2O2S/c1-13(2,3)11(6-7-16)15-12(17)14-9-10-5-4-8-18-10/h10-11,16H,4-9H2,1-3H3,(H2,14,15,17)/t10-,11+/m0/s1. The topological polar surface area (TPSA) is 61.4 Å². The van der Waals surface area contributed by atoms with E-state index in [2.05, 4.69) is 31.4 Å². The maximum Gasteiger partial charge on any atom is 0.315 e. The molecule has 1 aliphatic heterocycles. The maximum absolute atomic E-state index is 11.8. The summed E-state index contributed by atoms with van der Waals surface area (Å²) in [6.07, 6.45) is 3.05. The van der Waals surface area contributed by atoms with Gasteiger partial charge in [0.05, 0.1) is 0 Å². The number of nitrogens with one attached hydrogen (secondary N) is 2. The van der Waals surface area contributed by atoms with E-state index in [1.165, 1.54) is 18.6 Å². The molecule has 0 aliphatic carbocycles. The smallest absolute Gasteiger partial charge is 0.315 e. The van der Waals surface area contributed by atoms with E-state index in [4.69, 9.17) is 5.11 Å². The molecule has 0 aromatic carbocycles. The molecule has 0 aromatic rings. The fourth-order valence-electron chi connectivity index (χ4n) is 2.07. The van der Waals surface area contributed by atoms with Gasteiger partial charge in [0.1, 0.15) is 0 Å². The predicted octanol–water partition coefficient (Wildman–Crippen LogP) is 1.98. The third-order valence-corrected chi connectivity index (χ3v) is 4.68. The second-order valence-corrected chi connectivity index (χ2v) is 7.33. The molecule has 0 aromatic heterocycles. The number of aliphatic hydroxyl groups excluding tert-OH is 1. The van der Waals surface area contributed by atoms with Gasteiger partial charge in [0, 0.05) is 24.4 Å². The summed E-state index contributed by atoms with van der Waals surface area (Å²) in [5.74, 6) is 1.21. The highest BCUT2D eigenvalue weighted by Gasteiger charge is 2.26. The maximum atomic E-state index is 11.8. The summed E-state index contributed by atoms with van der Waals surface area (Å²) in [4.78, 5) is 11.8. The lowest BCUT2D eigenvalue weighted by Crippen LogP contribution is -2.49. The van der Waals surface area contributed by atoms with E-state index in [1.54, 1.807) is 0 Å². The molecule has 0 saturated carbocycles. The first-order chi connectivity index (χ1) is 8.43. The van der Waals surface area contributed by atoms with Gasteiger partial charge in [0.2, 0.25) is 0 Å². The van der Waals surface area contributed by atoms with E-state index in [-0.39, 0.29) is 24.1 Å². The van der Waals surface area contributed by atoms with Crippen molar-refractivity contribution in [1.29, 1.82) is 0 Å². The van der Waals surface area contributed by atoms with Crippen LogP contribution in [-0.2, 0) is 0 Å². The fraction of sp³-hybridized carbons (Fsp3) is 0.923.